The molecule has 1 saturated heterocycles. The van der Waals surface area contributed by atoms with E-state index >= 15 is 0 Å². The van der Waals surface area contributed by atoms with E-state index in [4.69, 9.17) is 9.47 Å². The highest BCUT2D eigenvalue weighted by Crippen LogP contribution is 2.48. The van der Waals surface area contributed by atoms with Gasteiger partial charge in [-0.2, -0.15) is 0 Å². The maximum Gasteiger partial charge on any atom is 0.124 e. The zero-order valence-corrected chi connectivity index (χ0v) is 12.3. The van der Waals surface area contributed by atoms with Crippen molar-refractivity contribution < 1.29 is 14.6 Å². The number of fused-ring (bicyclic) bond motifs is 1. The fourth-order valence-corrected chi connectivity index (χ4v) is 3.73. The third kappa shape index (κ3) is 2.45. The zero-order chi connectivity index (χ0) is 14.3. The maximum absolute atomic E-state index is 10.5. The average molecular weight is 289 g/mol. The molecule has 0 amide bonds. The van der Waals surface area contributed by atoms with Gasteiger partial charge in [-0.25, -0.2) is 0 Å². The number of hydrogen-bond acceptors (Lipinski definition) is 4. The van der Waals surface area contributed by atoms with Gasteiger partial charge >= 0.3 is 0 Å². The molecule has 0 aromatic heterocycles. The largest absolute Gasteiger partial charge is 0.487 e. The fraction of sp³-hybridized carbons (Fsp3) is 0.647. The van der Waals surface area contributed by atoms with Crippen molar-refractivity contribution in [3.63, 3.8) is 0 Å². The molecule has 2 fully saturated rings. The Bertz CT molecular complexity index is 521. The summed E-state index contributed by atoms with van der Waals surface area (Å²) in [6, 6.07) is 8.55. The number of para-hydroxylation sites is 1. The van der Waals surface area contributed by atoms with Gasteiger partial charge in [-0.3, -0.25) is 0 Å². The summed E-state index contributed by atoms with van der Waals surface area (Å²) in [6.07, 6.45) is 5.27. The smallest absolute Gasteiger partial charge is 0.124 e. The molecule has 1 spiro atoms. The molecular formula is C17H23NO3. The molecule has 0 radical (unpaired) electrons. The second-order valence-electron chi connectivity index (χ2n) is 6.84. The van der Waals surface area contributed by atoms with E-state index in [9.17, 15) is 5.11 Å². The lowest BCUT2D eigenvalue weighted by Crippen LogP contribution is -2.51. The Kier molecular flexibility index (Phi) is 3.21. The molecule has 4 heteroatoms. The van der Waals surface area contributed by atoms with Crippen molar-refractivity contribution in [1.82, 2.24) is 5.32 Å². The van der Waals surface area contributed by atoms with Gasteiger partial charge < -0.3 is 19.9 Å². The van der Waals surface area contributed by atoms with Crippen molar-refractivity contribution >= 4 is 0 Å². The number of ether oxygens (including phenoxy) is 2. The Morgan fingerprint density at radius 1 is 1.24 bits per heavy atom. The van der Waals surface area contributed by atoms with E-state index in [0.29, 0.717) is 19.8 Å². The SMILES string of the molecule is O[C@@]1(CN[C@@H]2CC3(CCC3)Oc3ccccc32)CCOC1. The first-order valence-electron chi connectivity index (χ1n) is 8.00. The standard InChI is InChI=1S/C17H23NO3/c19-16(8-9-20-12-16)11-18-14-10-17(6-3-7-17)21-15-5-2-1-4-13(14)15/h1-2,4-5,14,18-19H,3,6-12H2/t14-,16-/m1/s1. The highest BCUT2D eigenvalue weighted by Gasteiger charge is 2.46. The quantitative estimate of drug-likeness (QED) is 0.895. The summed E-state index contributed by atoms with van der Waals surface area (Å²) in [7, 11) is 0. The third-order valence-corrected chi connectivity index (χ3v) is 5.22. The highest BCUT2D eigenvalue weighted by molar-refractivity contribution is 5.39. The van der Waals surface area contributed by atoms with Gasteiger partial charge in [0.05, 0.1) is 6.61 Å². The maximum atomic E-state index is 10.5. The van der Waals surface area contributed by atoms with Gasteiger partial charge in [-0.15, -0.1) is 0 Å². The lowest BCUT2D eigenvalue weighted by atomic mass is 9.73. The lowest BCUT2D eigenvalue weighted by molar-refractivity contribution is -0.0411. The minimum atomic E-state index is -0.708. The first kappa shape index (κ1) is 13.6. The average Bonchev–Trinajstić information content (AvgIpc) is 2.90. The van der Waals surface area contributed by atoms with E-state index in [1.807, 2.05) is 6.07 Å². The molecule has 1 aliphatic carbocycles. The topological polar surface area (TPSA) is 50.7 Å². The predicted molar refractivity (Wildman–Crippen MR) is 79.4 cm³/mol. The van der Waals surface area contributed by atoms with E-state index in [1.165, 1.54) is 12.0 Å². The first-order valence-corrected chi connectivity index (χ1v) is 8.00. The Balaban J connectivity index is 1.53. The minimum absolute atomic E-state index is 0.0286. The summed E-state index contributed by atoms with van der Waals surface area (Å²) in [5, 5.41) is 14.0. The summed E-state index contributed by atoms with van der Waals surface area (Å²) in [4.78, 5) is 0. The molecule has 21 heavy (non-hydrogen) atoms. The van der Waals surface area contributed by atoms with Crippen molar-refractivity contribution in [2.24, 2.45) is 0 Å². The van der Waals surface area contributed by atoms with E-state index in [-0.39, 0.29) is 11.6 Å². The van der Waals surface area contributed by atoms with Crippen molar-refractivity contribution in [1.29, 1.82) is 0 Å². The van der Waals surface area contributed by atoms with Gasteiger partial charge in [0.2, 0.25) is 0 Å². The predicted octanol–water partition coefficient (Wildman–Crippen LogP) is 2.17. The van der Waals surface area contributed by atoms with Crippen molar-refractivity contribution in [3.05, 3.63) is 29.8 Å². The van der Waals surface area contributed by atoms with Crippen LogP contribution in [0.3, 0.4) is 0 Å². The lowest BCUT2D eigenvalue weighted by Gasteiger charge is -2.48. The van der Waals surface area contributed by atoms with Crippen LogP contribution in [0.4, 0.5) is 0 Å². The van der Waals surface area contributed by atoms with Crippen molar-refractivity contribution in [2.45, 2.75) is 49.3 Å². The van der Waals surface area contributed by atoms with Crippen LogP contribution in [0.2, 0.25) is 0 Å². The Labute approximate surface area is 125 Å². The van der Waals surface area contributed by atoms with Crippen LogP contribution in [0.5, 0.6) is 5.75 Å². The normalized spacial score (nSPS) is 33.3. The molecule has 1 saturated carbocycles. The third-order valence-electron chi connectivity index (χ3n) is 5.22. The fourth-order valence-electron chi connectivity index (χ4n) is 3.73. The van der Waals surface area contributed by atoms with E-state index in [1.54, 1.807) is 0 Å². The first-order chi connectivity index (χ1) is 10.2. The minimum Gasteiger partial charge on any atom is -0.487 e. The van der Waals surface area contributed by atoms with Crippen molar-refractivity contribution in [2.75, 3.05) is 19.8 Å². The number of hydrogen-bond donors (Lipinski definition) is 2. The van der Waals surface area contributed by atoms with Gasteiger partial charge in [0.15, 0.2) is 0 Å². The molecule has 0 unspecified atom stereocenters. The molecule has 4 nitrogen and oxygen atoms in total. The highest BCUT2D eigenvalue weighted by atomic mass is 16.5. The van der Waals surface area contributed by atoms with E-state index in [2.05, 4.69) is 23.5 Å². The zero-order valence-electron chi connectivity index (χ0n) is 12.3. The van der Waals surface area contributed by atoms with Crippen LogP contribution in [0.15, 0.2) is 24.3 Å². The summed E-state index contributed by atoms with van der Waals surface area (Å²) in [5.74, 6) is 1.01. The molecule has 2 N–H and O–H groups in total. The van der Waals surface area contributed by atoms with Crippen LogP contribution in [0.25, 0.3) is 0 Å². The second-order valence-corrected chi connectivity index (χ2v) is 6.84. The molecule has 2 heterocycles. The molecule has 4 rings (SSSR count). The van der Waals surface area contributed by atoms with Gasteiger partial charge in [0.1, 0.15) is 17.0 Å². The number of rotatable bonds is 3. The molecule has 2 aliphatic heterocycles. The molecule has 0 bridgehead atoms. The molecular weight excluding hydrogens is 266 g/mol. The van der Waals surface area contributed by atoms with Gasteiger partial charge in [0.25, 0.3) is 0 Å². The number of benzene rings is 1. The van der Waals surface area contributed by atoms with Crippen LogP contribution >= 0.6 is 0 Å². The van der Waals surface area contributed by atoms with Gasteiger partial charge in [-0.05, 0) is 25.3 Å². The Hall–Kier alpha value is -1.10. The summed E-state index contributed by atoms with van der Waals surface area (Å²) in [5.41, 5.74) is 0.540. The van der Waals surface area contributed by atoms with E-state index in [0.717, 1.165) is 31.4 Å². The van der Waals surface area contributed by atoms with Crippen LogP contribution in [0, 0.1) is 0 Å². The molecule has 2 atom stereocenters. The van der Waals surface area contributed by atoms with Gasteiger partial charge in [0, 0.05) is 37.6 Å². The molecule has 114 valence electrons. The second kappa shape index (κ2) is 4.97. The number of aliphatic hydroxyl groups is 1. The van der Waals surface area contributed by atoms with Gasteiger partial charge in [-0.1, -0.05) is 18.2 Å². The molecule has 1 aromatic carbocycles. The monoisotopic (exact) mass is 289 g/mol. The molecule has 1 aromatic rings. The van der Waals surface area contributed by atoms with Crippen molar-refractivity contribution in [3.8, 4) is 5.75 Å². The van der Waals surface area contributed by atoms with E-state index < -0.39 is 5.60 Å². The summed E-state index contributed by atoms with van der Waals surface area (Å²) >= 11 is 0. The van der Waals surface area contributed by atoms with Crippen LogP contribution in [-0.4, -0.2) is 36.1 Å². The Morgan fingerprint density at radius 2 is 2.10 bits per heavy atom. The van der Waals surface area contributed by atoms with Crippen LogP contribution in [0.1, 0.15) is 43.7 Å². The van der Waals surface area contributed by atoms with Crippen LogP contribution < -0.4 is 10.1 Å². The number of nitrogens with one attached hydrogen (secondary N) is 1. The molecule has 3 aliphatic rings. The summed E-state index contributed by atoms with van der Waals surface area (Å²) in [6.45, 7) is 1.69. The summed E-state index contributed by atoms with van der Waals surface area (Å²) < 4.78 is 11.6. The van der Waals surface area contributed by atoms with Crippen LogP contribution in [-0.2, 0) is 4.74 Å². The Morgan fingerprint density at radius 3 is 2.81 bits per heavy atom.